The fourth-order valence-electron chi connectivity index (χ4n) is 2.19. The van der Waals surface area contributed by atoms with Gasteiger partial charge in [0.1, 0.15) is 0 Å². The average molecular weight is 311 g/mol. The van der Waals surface area contributed by atoms with E-state index >= 15 is 0 Å². The molecule has 0 saturated carbocycles. The summed E-state index contributed by atoms with van der Waals surface area (Å²) in [6.07, 6.45) is 1.98. The predicted octanol–water partition coefficient (Wildman–Crippen LogP) is 1.07. The first-order chi connectivity index (χ1) is 10.0. The van der Waals surface area contributed by atoms with Crippen LogP contribution in [0.3, 0.4) is 0 Å². The fourth-order valence-corrected chi connectivity index (χ4v) is 3.50. The van der Waals surface area contributed by atoms with Crippen molar-refractivity contribution < 1.29 is 13.2 Å². The molecule has 2 rings (SSSR count). The number of piperidine rings is 1. The summed E-state index contributed by atoms with van der Waals surface area (Å²) in [6, 6.07) is 6.20. The Morgan fingerprint density at radius 1 is 1.24 bits per heavy atom. The molecule has 1 aliphatic heterocycles. The van der Waals surface area contributed by atoms with Crippen molar-refractivity contribution in [2.45, 2.75) is 37.1 Å². The number of carbonyl (C=O) groups is 1. The monoisotopic (exact) mass is 311 g/mol. The third-order valence-electron chi connectivity index (χ3n) is 3.43. The maximum absolute atomic E-state index is 12.3. The molecule has 1 aromatic rings. The smallest absolute Gasteiger partial charge is 0.240 e. The molecule has 1 amide bonds. The summed E-state index contributed by atoms with van der Waals surface area (Å²) in [4.78, 5) is 11.5. The van der Waals surface area contributed by atoms with Gasteiger partial charge in [0.05, 0.1) is 4.90 Å². The van der Waals surface area contributed by atoms with Gasteiger partial charge in [-0.1, -0.05) is 6.92 Å². The predicted molar refractivity (Wildman–Crippen MR) is 81.6 cm³/mol. The van der Waals surface area contributed by atoms with Crippen LogP contribution in [0.4, 0.5) is 5.69 Å². The second kappa shape index (κ2) is 7.02. The number of sulfonamides is 1. The first kappa shape index (κ1) is 15.9. The molecule has 7 heteroatoms. The minimum absolute atomic E-state index is 0.0179. The maximum Gasteiger partial charge on any atom is 0.240 e. The van der Waals surface area contributed by atoms with Crippen molar-refractivity contribution in [2.75, 3.05) is 18.4 Å². The van der Waals surface area contributed by atoms with Crippen molar-refractivity contribution in [3.8, 4) is 0 Å². The molecule has 1 saturated heterocycles. The van der Waals surface area contributed by atoms with E-state index in [-0.39, 0.29) is 16.8 Å². The van der Waals surface area contributed by atoms with Crippen molar-refractivity contribution in [3.63, 3.8) is 0 Å². The molecule has 3 N–H and O–H groups in total. The van der Waals surface area contributed by atoms with Crippen LogP contribution in [0.5, 0.6) is 0 Å². The molecule has 1 fully saturated rings. The Bertz CT molecular complexity index is 578. The molecule has 0 unspecified atom stereocenters. The Kier molecular flexibility index (Phi) is 5.33. The van der Waals surface area contributed by atoms with Crippen LogP contribution in [-0.4, -0.2) is 33.5 Å². The lowest BCUT2D eigenvalue weighted by atomic mass is 10.1. The highest BCUT2D eigenvalue weighted by Gasteiger charge is 2.21. The lowest BCUT2D eigenvalue weighted by Crippen LogP contribution is -2.42. The van der Waals surface area contributed by atoms with E-state index in [0.29, 0.717) is 12.1 Å². The summed E-state index contributed by atoms with van der Waals surface area (Å²) in [5, 5.41) is 5.89. The molecule has 0 bridgehead atoms. The number of nitrogens with one attached hydrogen (secondary N) is 3. The number of hydrogen-bond donors (Lipinski definition) is 3. The van der Waals surface area contributed by atoms with E-state index in [9.17, 15) is 13.2 Å². The highest BCUT2D eigenvalue weighted by Crippen LogP contribution is 2.16. The quantitative estimate of drug-likeness (QED) is 0.759. The van der Waals surface area contributed by atoms with Crippen molar-refractivity contribution in [3.05, 3.63) is 24.3 Å². The lowest BCUT2D eigenvalue weighted by molar-refractivity contribution is -0.115. The van der Waals surface area contributed by atoms with Crippen molar-refractivity contribution >= 4 is 21.6 Å². The summed E-state index contributed by atoms with van der Waals surface area (Å²) >= 11 is 0. The van der Waals surface area contributed by atoms with Gasteiger partial charge in [0, 0.05) is 18.2 Å². The fraction of sp³-hybridized carbons (Fsp3) is 0.500. The largest absolute Gasteiger partial charge is 0.326 e. The Morgan fingerprint density at radius 2 is 1.86 bits per heavy atom. The molecule has 0 radical (unpaired) electrons. The van der Waals surface area contributed by atoms with E-state index in [0.717, 1.165) is 25.9 Å². The molecule has 21 heavy (non-hydrogen) atoms. The Hall–Kier alpha value is -1.44. The zero-order chi connectivity index (χ0) is 15.3. The van der Waals surface area contributed by atoms with Crippen molar-refractivity contribution in [2.24, 2.45) is 0 Å². The van der Waals surface area contributed by atoms with Crippen LogP contribution in [0.25, 0.3) is 0 Å². The first-order valence-corrected chi connectivity index (χ1v) is 8.62. The summed E-state index contributed by atoms with van der Waals surface area (Å²) in [5.41, 5.74) is 0.600. The molecule has 0 aliphatic carbocycles. The average Bonchev–Trinajstić information content (AvgIpc) is 2.48. The molecular formula is C14H21N3O3S. The molecule has 1 heterocycles. The van der Waals surface area contributed by atoms with Crippen LogP contribution in [0.2, 0.25) is 0 Å². The van der Waals surface area contributed by atoms with Crippen molar-refractivity contribution in [1.82, 2.24) is 10.0 Å². The van der Waals surface area contributed by atoms with Crippen LogP contribution in [0.1, 0.15) is 26.2 Å². The van der Waals surface area contributed by atoms with Gasteiger partial charge in [0.2, 0.25) is 15.9 Å². The summed E-state index contributed by atoms with van der Waals surface area (Å²) in [6.45, 7) is 3.42. The second-order valence-corrected chi connectivity index (χ2v) is 6.79. The van der Waals surface area contributed by atoms with Crippen LogP contribution in [0.15, 0.2) is 29.2 Å². The second-order valence-electron chi connectivity index (χ2n) is 5.07. The van der Waals surface area contributed by atoms with Gasteiger partial charge < -0.3 is 10.6 Å². The van der Waals surface area contributed by atoms with Crippen LogP contribution >= 0.6 is 0 Å². The number of anilines is 1. The number of rotatable bonds is 5. The standard InChI is InChI=1S/C14H21N3O3S/c1-2-14(18)16-11-3-5-13(6-4-11)21(19,20)17-12-7-9-15-10-8-12/h3-6,12,15,17H,2,7-10H2,1H3,(H,16,18). The van der Waals surface area contributed by atoms with Gasteiger partial charge in [-0.15, -0.1) is 0 Å². The third-order valence-corrected chi connectivity index (χ3v) is 4.97. The molecule has 0 aromatic heterocycles. The van der Waals surface area contributed by atoms with E-state index < -0.39 is 10.0 Å². The van der Waals surface area contributed by atoms with Gasteiger partial charge in [-0.05, 0) is 50.2 Å². The minimum Gasteiger partial charge on any atom is -0.326 e. The van der Waals surface area contributed by atoms with Crippen molar-refractivity contribution in [1.29, 1.82) is 0 Å². The number of benzene rings is 1. The number of amides is 1. The van der Waals surface area contributed by atoms with Crippen LogP contribution in [0, 0.1) is 0 Å². The van der Waals surface area contributed by atoms with Gasteiger partial charge in [0.25, 0.3) is 0 Å². The Labute approximate surface area is 125 Å². The minimum atomic E-state index is -3.50. The summed E-state index contributed by atoms with van der Waals surface area (Å²) in [7, 11) is -3.50. The van der Waals surface area contributed by atoms with E-state index in [1.807, 2.05) is 0 Å². The molecule has 1 aromatic carbocycles. The number of hydrogen-bond acceptors (Lipinski definition) is 4. The molecule has 6 nitrogen and oxygen atoms in total. The third kappa shape index (κ3) is 4.52. The molecular weight excluding hydrogens is 290 g/mol. The summed E-state index contributed by atoms with van der Waals surface area (Å²) < 4.78 is 27.3. The van der Waals surface area contributed by atoms with Gasteiger partial charge in [-0.3, -0.25) is 4.79 Å². The summed E-state index contributed by atoms with van der Waals surface area (Å²) in [5.74, 6) is -0.0987. The van der Waals surface area contributed by atoms with Gasteiger partial charge in [-0.2, -0.15) is 0 Å². The lowest BCUT2D eigenvalue weighted by Gasteiger charge is -2.23. The normalized spacial score (nSPS) is 16.6. The SMILES string of the molecule is CCC(=O)Nc1ccc(S(=O)(=O)NC2CCNCC2)cc1. The van der Waals surface area contributed by atoms with Gasteiger partial charge >= 0.3 is 0 Å². The Balaban J connectivity index is 2.04. The number of carbonyl (C=O) groups excluding carboxylic acids is 1. The molecule has 0 atom stereocenters. The van der Waals surface area contributed by atoms with Gasteiger partial charge in [0.15, 0.2) is 0 Å². The van der Waals surface area contributed by atoms with E-state index in [4.69, 9.17) is 0 Å². The highest BCUT2D eigenvalue weighted by molar-refractivity contribution is 7.89. The highest BCUT2D eigenvalue weighted by atomic mass is 32.2. The zero-order valence-electron chi connectivity index (χ0n) is 12.1. The molecule has 1 aliphatic rings. The maximum atomic E-state index is 12.3. The van der Waals surface area contributed by atoms with Crippen LogP contribution < -0.4 is 15.4 Å². The molecule has 116 valence electrons. The Morgan fingerprint density at radius 3 is 2.43 bits per heavy atom. The van der Waals surface area contributed by atoms with E-state index in [1.54, 1.807) is 19.1 Å². The van der Waals surface area contributed by atoms with Gasteiger partial charge in [-0.25, -0.2) is 13.1 Å². The molecule has 0 spiro atoms. The zero-order valence-corrected chi connectivity index (χ0v) is 12.9. The van der Waals surface area contributed by atoms with Crippen LogP contribution in [-0.2, 0) is 14.8 Å². The van der Waals surface area contributed by atoms with E-state index in [1.165, 1.54) is 12.1 Å². The van der Waals surface area contributed by atoms with E-state index in [2.05, 4.69) is 15.4 Å². The first-order valence-electron chi connectivity index (χ1n) is 7.14. The topological polar surface area (TPSA) is 87.3 Å².